The fraction of sp³-hybridized carbons (Fsp3) is 0.316. The van der Waals surface area contributed by atoms with Crippen LogP contribution in [0.1, 0.15) is 16.8 Å². The van der Waals surface area contributed by atoms with E-state index in [0.717, 1.165) is 4.47 Å². The Balaban J connectivity index is 1.51. The Kier molecular flexibility index (Phi) is 6.78. The van der Waals surface area contributed by atoms with Crippen molar-refractivity contribution in [3.8, 4) is 0 Å². The van der Waals surface area contributed by atoms with Crippen LogP contribution in [0.4, 0.5) is 5.69 Å². The SMILES string of the molecule is O=C(CCN1CCN(S(=O)(=O)c2ccc(Br)cc2)CC1)c1ccc([N+](=O)[O-])cc1. The zero-order chi connectivity index (χ0) is 21.0. The molecule has 3 rings (SSSR count). The van der Waals surface area contributed by atoms with E-state index in [2.05, 4.69) is 20.8 Å². The second kappa shape index (κ2) is 9.12. The van der Waals surface area contributed by atoms with Crippen molar-refractivity contribution in [2.75, 3.05) is 32.7 Å². The van der Waals surface area contributed by atoms with Crippen LogP contribution in [0.3, 0.4) is 0 Å². The van der Waals surface area contributed by atoms with Crippen LogP contribution in [0.5, 0.6) is 0 Å². The highest BCUT2D eigenvalue weighted by atomic mass is 79.9. The number of ketones is 1. The number of hydrogen-bond donors (Lipinski definition) is 0. The number of nitro groups is 1. The first-order chi connectivity index (χ1) is 13.8. The number of carbonyl (C=O) groups is 1. The number of rotatable bonds is 7. The molecule has 154 valence electrons. The summed E-state index contributed by atoms with van der Waals surface area (Å²) < 4.78 is 27.7. The Morgan fingerprint density at radius 2 is 1.59 bits per heavy atom. The fourth-order valence-electron chi connectivity index (χ4n) is 3.12. The number of hydrogen-bond acceptors (Lipinski definition) is 6. The molecule has 8 nitrogen and oxygen atoms in total. The molecule has 0 N–H and O–H groups in total. The molecule has 0 amide bonds. The summed E-state index contributed by atoms with van der Waals surface area (Å²) in [7, 11) is -3.52. The fourth-order valence-corrected chi connectivity index (χ4v) is 4.81. The van der Waals surface area contributed by atoms with Gasteiger partial charge in [0.25, 0.3) is 5.69 Å². The van der Waals surface area contributed by atoms with Crippen LogP contribution in [0.2, 0.25) is 0 Å². The lowest BCUT2D eigenvalue weighted by Crippen LogP contribution is -2.48. The highest BCUT2D eigenvalue weighted by Gasteiger charge is 2.28. The molecule has 0 aromatic heterocycles. The standard InChI is InChI=1S/C19H20BrN3O5S/c20-16-3-7-18(8-4-16)29(27,28)22-13-11-21(12-14-22)10-9-19(24)15-1-5-17(6-2-15)23(25)26/h1-8H,9-14H2. The van der Waals surface area contributed by atoms with Gasteiger partial charge in [0.1, 0.15) is 0 Å². The van der Waals surface area contributed by atoms with Gasteiger partial charge in [-0.2, -0.15) is 4.31 Å². The van der Waals surface area contributed by atoms with Crippen LogP contribution < -0.4 is 0 Å². The smallest absolute Gasteiger partial charge is 0.269 e. The number of benzene rings is 2. The molecule has 1 aliphatic heterocycles. The molecule has 2 aromatic rings. The minimum Gasteiger partial charge on any atom is -0.300 e. The molecule has 1 saturated heterocycles. The van der Waals surface area contributed by atoms with Gasteiger partial charge in [-0.05, 0) is 36.4 Å². The largest absolute Gasteiger partial charge is 0.300 e. The molecule has 29 heavy (non-hydrogen) atoms. The molecule has 0 spiro atoms. The summed E-state index contributed by atoms with van der Waals surface area (Å²) in [5.74, 6) is -0.0928. The lowest BCUT2D eigenvalue weighted by atomic mass is 10.1. The summed E-state index contributed by atoms with van der Waals surface area (Å²) in [5, 5.41) is 10.7. The molecule has 0 radical (unpaired) electrons. The van der Waals surface area contributed by atoms with E-state index in [1.807, 2.05) is 0 Å². The normalized spacial score (nSPS) is 15.9. The van der Waals surface area contributed by atoms with Gasteiger partial charge in [0.15, 0.2) is 5.78 Å². The summed E-state index contributed by atoms with van der Waals surface area (Å²) in [6, 6.07) is 12.1. The first kappa shape index (κ1) is 21.6. The van der Waals surface area contributed by atoms with Crippen LogP contribution in [-0.4, -0.2) is 61.1 Å². The maximum absolute atomic E-state index is 12.7. The van der Waals surface area contributed by atoms with Gasteiger partial charge in [0.05, 0.1) is 9.82 Å². The van der Waals surface area contributed by atoms with Gasteiger partial charge in [-0.25, -0.2) is 8.42 Å². The summed E-state index contributed by atoms with van der Waals surface area (Å²) in [6.45, 7) is 2.34. The quantitative estimate of drug-likeness (QED) is 0.342. The number of halogens is 1. The minimum atomic E-state index is -3.52. The molecule has 10 heteroatoms. The Hall–Kier alpha value is -2.14. The van der Waals surface area contributed by atoms with E-state index >= 15 is 0 Å². The van der Waals surface area contributed by atoms with E-state index in [4.69, 9.17) is 0 Å². The van der Waals surface area contributed by atoms with Crippen molar-refractivity contribution in [1.29, 1.82) is 0 Å². The monoisotopic (exact) mass is 481 g/mol. The summed E-state index contributed by atoms with van der Waals surface area (Å²) in [6.07, 6.45) is 0.275. The number of carbonyl (C=O) groups excluding carboxylic acids is 1. The van der Waals surface area contributed by atoms with Crippen molar-refractivity contribution in [3.63, 3.8) is 0 Å². The van der Waals surface area contributed by atoms with Crippen LogP contribution in [-0.2, 0) is 10.0 Å². The Morgan fingerprint density at radius 1 is 1.00 bits per heavy atom. The van der Waals surface area contributed by atoms with Crippen molar-refractivity contribution in [2.24, 2.45) is 0 Å². The molecule has 0 bridgehead atoms. The Bertz CT molecular complexity index is 986. The average molecular weight is 482 g/mol. The molecular formula is C19H20BrN3O5S. The van der Waals surface area contributed by atoms with Crippen molar-refractivity contribution in [1.82, 2.24) is 9.21 Å². The lowest BCUT2D eigenvalue weighted by molar-refractivity contribution is -0.384. The first-order valence-electron chi connectivity index (χ1n) is 9.03. The summed E-state index contributed by atoms with van der Waals surface area (Å²) in [5.41, 5.74) is 0.386. The third kappa shape index (κ3) is 5.27. The van der Waals surface area contributed by atoms with E-state index in [1.165, 1.54) is 28.6 Å². The zero-order valence-electron chi connectivity index (χ0n) is 15.5. The number of nitro benzene ring substituents is 1. The third-order valence-corrected chi connectivity index (χ3v) is 7.28. The van der Waals surface area contributed by atoms with Gasteiger partial charge in [0, 0.05) is 61.3 Å². The number of sulfonamides is 1. The van der Waals surface area contributed by atoms with Crippen molar-refractivity contribution < 1.29 is 18.1 Å². The van der Waals surface area contributed by atoms with Crippen LogP contribution >= 0.6 is 15.9 Å². The number of nitrogens with zero attached hydrogens (tertiary/aromatic N) is 3. The van der Waals surface area contributed by atoms with Crippen molar-refractivity contribution in [2.45, 2.75) is 11.3 Å². The first-order valence-corrected chi connectivity index (χ1v) is 11.3. The van der Waals surface area contributed by atoms with Gasteiger partial charge in [-0.15, -0.1) is 0 Å². The summed E-state index contributed by atoms with van der Waals surface area (Å²) in [4.78, 5) is 24.8. The predicted molar refractivity (Wildman–Crippen MR) is 111 cm³/mol. The topological polar surface area (TPSA) is 101 Å². The highest BCUT2D eigenvalue weighted by molar-refractivity contribution is 9.10. The van der Waals surface area contributed by atoms with Gasteiger partial charge in [-0.3, -0.25) is 14.9 Å². The highest BCUT2D eigenvalue weighted by Crippen LogP contribution is 2.20. The molecule has 0 aliphatic carbocycles. The minimum absolute atomic E-state index is 0.0512. The number of non-ortho nitro benzene ring substituents is 1. The van der Waals surface area contributed by atoms with Gasteiger partial charge in [0.2, 0.25) is 10.0 Å². The van der Waals surface area contributed by atoms with Crippen molar-refractivity contribution >= 4 is 37.4 Å². The van der Waals surface area contributed by atoms with Gasteiger partial charge < -0.3 is 4.90 Å². The summed E-state index contributed by atoms with van der Waals surface area (Å²) >= 11 is 3.30. The van der Waals surface area contributed by atoms with Crippen LogP contribution in [0, 0.1) is 10.1 Å². The van der Waals surface area contributed by atoms with Crippen LogP contribution in [0.25, 0.3) is 0 Å². The second-order valence-corrected chi connectivity index (χ2v) is 9.53. The molecule has 1 heterocycles. The molecule has 0 atom stereocenters. The Morgan fingerprint density at radius 3 is 2.14 bits per heavy atom. The van der Waals surface area contributed by atoms with Gasteiger partial charge >= 0.3 is 0 Å². The van der Waals surface area contributed by atoms with E-state index in [1.54, 1.807) is 24.3 Å². The predicted octanol–water partition coefficient (Wildman–Crippen LogP) is 2.94. The number of piperazine rings is 1. The van der Waals surface area contributed by atoms with Crippen molar-refractivity contribution in [3.05, 3.63) is 68.7 Å². The zero-order valence-corrected chi connectivity index (χ0v) is 17.9. The molecule has 0 unspecified atom stereocenters. The molecule has 2 aromatic carbocycles. The average Bonchev–Trinajstić information content (AvgIpc) is 2.72. The Labute approximate surface area is 177 Å². The molecule has 0 saturated carbocycles. The van der Waals surface area contributed by atoms with E-state index in [9.17, 15) is 23.3 Å². The number of Topliss-reactive ketones (excluding diaryl/α,β-unsaturated/α-hetero) is 1. The maximum Gasteiger partial charge on any atom is 0.269 e. The van der Waals surface area contributed by atoms with E-state index in [-0.39, 0.29) is 22.8 Å². The molecule has 1 aliphatic rings. The maximum atomic E-state index is 12.7. The van der Waals surface area contributed by atoms with E-state index < -0.39 is 14.9 Å². The second-order valence-electron chi connectivity index (χ2n) is 6.68. The molecular weight excluding hydrogens is 462 g/mol. The van der Waals surface area contributed by atoms with E-state index in [0.29, 0.717) is 38.3 Å². The van der Waals surface area contributed by atoms with Gasteiger partial charge in [-0.1, -0.05) is 15.9 Å². The lowest BCUT2D eigenvalue weighted by Gasteiger charge is -2.33. The third-order valence-electron chi connectivity index (χ3n) is 4.84. The van der Waals surface area contributed by atoms with Crippen LogP contribution in [0.15, 0.2) is 57.9 Å². The molecule has 1 fully saturated rings.